The molecular formula is C21H17F3NO7S3+. The van der Waals surface area contributed by atoms with Crippen molar-refractivity contribution in [1.29, 1.82) is 0 Å². The average Bonchev–Trinajstić information content (AvgIpc) is 2.79. The van der Waals surface area contributed by atoms with Gasteiger partial charge in [-0.2, -0.15) is 21.6 Å². The Labute approximate surface area is 202 Å². The van der Waals surface area contributed by atoms with Crippen molar-refractivity contribution in [2.75, 3.05) is 6.61 Å². The molecule has 186 valence electrons. The number of benzene rings is 3. The molecule has 0 radical (unpaired) electrons. The van der Waals surface area contributed by atoms with Gasteiger partial charge in [0.1, 0.15) is 5.75 Å². The maximum Gasteiger partial charge on any atom is 0.512 e. The van der Waals surface area contributed by atoms with Gasteiger partial charge in [0, 0.05) is 0 Å². The van der Waals surface area contributed by atoms with Crippen LogP contribution in [0.25, 0.3) is 0 Å². The number of halogens is 3. The zero-order valence-electron chi connectivity index (χ0n) is 17.5. The summed E-state index contributed by atoms with van der Waals surface area (Å²) in [6.45, 7) is -1.36. The van der Waals surface area contributed by atoms with E-state index < -0.39 is 49.3 Å². The Morgan fingerprint density at radius 2 is 1.23 bits per heavy atom. The monoisotopic (exact) mass is 548 g/mol. The summed E-state index contributed by atoms with van der Waals surface area (Å²) in [7, 11) is -12.2. The first kappa shape index (κ1) is 26.7. The molecule has 3 aromatic carbocycles. The lowest BCUT2D eigenvalue weighted by atomic mass is 10.3. The third kappa shape index (κ3) is 7.29. The van der Waals surface area contributed by atoms with Crippen molar-refractivity contribution < 1.29 is 43.7 Å². The minimum atomic E-state index is -6.24. The van der Waals surface area contributed by atoms with Gasteiger partial charge in [-0.25, -0.2) is 17.4 Å². The summed E-state index contributed by atoms with van der Waals surface area (Å²) in [4.78, 5) is 14.9. The van der Waals surface area contributed by atoms with E-state index in [1.165, 1.54) is 12.1 Å². The Morgan fingerprint density at radius 1 is 0.771 bits per heavy atom. The summed E-state index contributed by atoms with van der Waals surface area (Å²) in [6.07, 6.45) is 0. The van der Waals surface area contributed by atoms with Gasteiger partial charge >= 0.3 is 31.8 Å². The number of hydrogen-bond acceptors (Lipinski definition) is 7. The van der Waals surface area contributed by atoms with E-state index >= 15 is 0 Å². The first-order chi connectivity index (χ1) is 16.4. The zero-order chi connectivity index (χ0) is 25.7. The number of sulfonamides is 1. The predicted octanol–water partition coefficient (Wildman–Crippen LogP) is 3.39. The molecule has 0 unspecified atom stereocenters. The molecule has 3 aromatic rings. The van der Waals surface area contributed by atoms with Crippen molar-refractivity contribution in [3.8, 4) is 5.75 Å². The second kappa shape index (κ2) is 10.8. The van der Waals surface area contributed by atoms with E-state index in [4.69, 9.17) is 4.74 Å². The van der Waals surface area contributed by atoms with Crippen molar-refractivity contribution in [3.63, 3.8) is 0 Å². The van der Waals surface area contributed by atoms with Gasteiger partial charge in [-0.05, 0) is 48.5 Å². The third-order valence-corrected chi connectivity index (χ3v) is 9.06. The molecule has 0 aliphatic rings. The van der Waals surface area contributed by atoms with Crippen LogP contribution in [0.5, 0.6) is 5.75 Å². The highest BCUT2D eigenvalue weighted by molar-refractivity contribution is 8.03. The van der Waals surface area contributed by atoms with E-state index in [1.54, 1.807) is 12.1 Å². The van der Waals surface area contributed by atoms with Crippen molar-refractivity contribution in [1.82, 2.24) is 4.13 Å². The van der Waals surface area contributed by atoms with Crippen LogP contribution in [0.2, 0.25) is 0 Å². The maximum absolute atomic E-state index is 12.3. The quantitative estimate of drug-likeness (QED) is 0.248. The first-order valence-electron chi connectivity index (χ1n) is 9.52. The van der Waals surface area contributed by atoms with Crippen LogP contribution in [-0.2, 0) is 40.2 Å². The SMILES string of the molecule is O=C(COS(=O)(=O)NS(=O)(=O)C(F)(F)F)Oc1ccc([S+](c2ccccc2)c2ccccc2)cc1. The van der Waals surface area contributed by atoms with E-state index in [9.17, 15) is 34.8 Å². The van der Waals surface area contributed by atoms with Crippen LogP contribution in [0.3, 0.4) is 0 Å². The van der Waals surface area contributed by atoms with Crippen molar-refractivity contribution in [3.05, 3.63) is 84.9 Å². The lowest BCUT2D eigenvalue weighted by Crippen LogP contribution is -2.41. The van der Waals surface area contributed by atoms with Crippen LogP contribution in [0.1, 0.15) is 0 Å². The topological polar surface area (TPSA) is 116 Å². The average molecular weight is 549 g/mol. The highest BCUT2D eigenvalue weighted by atomic mass is 32.3. The van der Waals surface area contributed by atoms with Crippen LogP contribution >= 0.6 is 0 Å². The molecular weight excluding hydrogens is 531 g/mol. The molecule has 0 aromatic heterocycles. The normalized spacial score (nSPS) is 12.5. The van der Waals surface area contributed by atoms with E-state index in [-0.39, 0.29) is 5.75 Å². The van der Waals surface area contributed by atoms with Crippen molar-refractivity contribution in [2.45, 2.75) is 20.2 Å². The molecule has 0 heterocycles. The van der Waals surface area contributed by atoms with Gasteiger partial charge in [0.15, 0.2) is 21.3 Å². The van der Waals surface area contributed by atoms with Gasteiger partial charge in [0.05, 0.1) is 10.9 Å². The Kier molecular flexibility index (Phi) is 8.22. The number of rotatable bonds is 9. The highest BCUT2D eigenvalue weighted by Crippen LogP contribution is 2.32. The predicted molar refractivity (Wildman–Crippen MR) is 120 cm³/mol. The molecule has 1 N–H and O–H groups in total. The molecule has 35 heavy (non-hydrogen) atoms. The lowest BCUT2D eigenvalue weighted by molar-refractivity contribution is -0.136. The van der Waals surface area contributed by atoms with E-state index in [0.29, 0.717) is 4.13 Å². The molecule has 0 aliphatic heterocycles. The Hall–Kier alpha value is -2.91. The molecule has 3 rings (SSSR count). The second-order valence-electron chi connectivity index (χ2n) is 6.63. The summed E-state index contributed by atoms with van der Waals surface area (Å²) in [6, 6.07) is 25.7. The second-order valence-corrected chi connectivity index (χ2v) is 11.9. The Balaban J connectivity index is 1.68. The number of carbonyl (C=O) groups is 1. The number of nitrogens with one attached hydrogen (secondary N) is 1. The summed E-state index contributed by atoms with van der Waals surface area (Å²) >= 11 is 0. The maximum atomic E-state index is 12.3. The number of hydrogen-bond donors (Lipinski definition) is 1. The molecule has 8 nitrogen and oxygen atoms in total. The van der Waals surface area contributed by atoms with Gasteiger partial charge in [0.2, 0.25) is 0 Å². The zero-order valence-corrected chi connectivity index (χ0v) is 20.0. The van der Waals surface area contributed by atoms with Crippen LogP contribution < -0.4 is 8.86 Å². The lowest BCUT2D eigenvalue weighted by Gasteiger charge is -2.10. The fourth-order valence-corrected chi connectivity index (χ4v) is 6.64. The van der Waals surface area contributed by atoms with Crippen molar-refractivity contribution >= 4 is 37.2 Å². The molecule has 0 spiro atoms. The molecule has 0 saturated carbocycles. The van der Waals surface area contributed by atoms with Crippen molar-refractivity contribution in [2.24, 2.45) is 0 Å². The Bertz CT molecular complexity index is 1330. The smallest absolute Gasteiger partial charge is 0.425 e. The van der Waals surface area contributed by atoms with E-state index in [0.717, 1.165) is 14.7 Å². The standard InChI is InChI=1S/C21H17F3NO7S3/c22-21(23,24)34(27,28)25-35(29,30)31-15-20(26)32-16-11-13-19(14-12-16)33(17-7-3-1-4-8-17)18-9-5-2-6-10-18/h1-14,25H,15H2/q+1. The summed E-state index contributed by atoms with van der Waals surface area (Å²) in [5.41, 5.74) is -5.89. The largest absolute Gasteiger partial charge is 0.512 e. The minimum absolute atomic E-state index is 0.0142. The highest BCUT2D eigenvalue weighted by Gasteiger charge is 2.48. The van der Waals surface area contributed by atoms with Crippen LogP contribution in [-0.4, -0.2) is 34.9 Å². The van der Waals surface area contributed by atoms with Crippen LogP contribution in [0.4, 0.5) is 13.2 Å². The van der Waals surface area contributed by atoms with Gasteiger partial charge in [-0.3, -0.25) is 0 Å². The van der Waals surface area contributed by atoms with Crippen LogP contribution in [0, 0.1) is 0 Å². The first-order valence-corrected chi connectivity index (χ1v) is 13.6. The van der Waals surface area contributed by atoms with Crippen LogP contribution in [0.15, 0.2) is 99.6 Å². The van der Waals surface area contributed by atoms with Gasteiger partial charge in [-0.1, -0.05) is 40.5 Å². The fraction of sp³-hybridized carbons (Fsp3) is 0.0952. The number of esters is 1. The fourth-order valence-electron chi connectivity index (χ4n) is 2.66. The molecule has 0 bridgehead atoms. The summed E-state index contributed by atoms with van der Waals surface area (Å²) in [5.74, 6) is -1.27. The van der Waals surface area contributed by atoms with Gasteiger partial charge in [-0.15, -0.1) is 0 Å². The van der Waals surface area contributed by atoms with E-state index in [1.807, 2.05) is 60.7 Å². The molecule has 0 atom stereocenters. The van der Waals surface area contributed by atoms with Gasteiger partial charge < -0.3 is 4.74 Å². The third-order valence-electron chi connectivity index (χ3n) is 4.10. The number of carbonyl (C=O) groups excluding carboxylic acids is 1. The van der Waals surface area contributed by atoms with E-state index in [2.05, 4.69) is 4.18 Å². The number of ether oxygens (including phenoxy) is 1. The molecule has 0 fully saturated rings. The molecule has 14 heteroatoms. The number of alkyl halides is 3. The Morgan fingerprint density at radius 3 is 1.69 bits per heavy atom. The summed E-state index contributed by atoms with van der Waals surface area (Å²) < 4.78 is 90.7. The van der Waals surface area contributed by atoms with Gasteiger partial charge in [0.25, 0.3) is 0 Å². The molecule has 0 saturated heterocycles. The summed E-state index contributed by atoms with van der Waals surface area (Å²) in [5, 5.41) is 0. The minimum Gasteiger partial charge on any atom is -0.425 e. The molecule has 0 aliphatic carbocycles. The molecule has 0 amide bonds.